The predicted octanol–water partition coefficient (Wildman–Crippen LogP) is 2.06. The topological polar surface area (TPSA) is 60.9 Å². The number of hydrogen-bond acceptors (Lipinski definition) is 4. The Labute approximate surface area is 165 Å². The van der Waals surface area contributed by atoms with E-state index in [-0.39, 0.29) is 25.5 Å². The maximum atomic E-state index is 13.9. The fourth-order valence-corrected chi connectivity index (χ4v) is 5.48. The van der Waals surface area contributed by atoms with Crippen LogP contribution in [-0.4, -0.2) is 73.7 Å². The number of halogens is 2. The first-order valence-corrected chi connectivity index (χ1v) is 11.2. The first-order chi connectivity index (χ1) is 13.3. The Kier molecular flexibility index (Phi) is 6.67. The van der Waals surface area contributed by atoms with Gasteiger partial charge in [-0.15, -0.1) is 0 Å². The van der Waals surface area contributed by atoms with Crippen LogP contribution in [0.3, 0.4) is 0 Å². The molecule has 0 N–H and O–H groups in total. The standard InChI is InChI=1S/C19H27F2N3O3S/c1-2-16-5-3-4-8-24(16)19(25)14-22-9-11-23(12-10-22)28(26,27)18-13-15(20)6-7-17(18)21/h6-7,13,16H,2-5,8-12,14H2,1H3/t16-/m0/s1. The summed E-state index contributed by atoms with van der Waals surface area (Å²) >= 11 is 0. The van der Waals surface area contributed by atoms with E-state index in [1.54, 1.807) is 0 Å². The monoisotopic (exact) mass is 415 g/mol. The van der Waals surface area contributed by atoms with Crippen LogP contribution in [-0.2, 0) is 14.8 Å². The number of carbonyl (C=O) groups is 1. The fraction of sp³-hybridized carbons (Fsp3) is 0.632. The fourth-order valence-electron chi connectivity index (χ4n) is 3.98. The number of piperazine rings is 1. The highest BCUT2D eigenvalue weighted by Crippen LogP contribution is 2.23. The van der Waals surface area contributed by atoms with E-state index >= 15 is 0 Å². The smallest absolute Gasteiger partial charge is 0.246 e. The van der Waals surface area contributed by atoms with Gasteiger partial charge in [-0.1, -0.05) is 6.92 Å². The Morgan fingerprint density at radius 2 is 1.82 bits per heavy atom. The van der Waals surface area contributed by atoms with E-state index in [1.807, 2.05) is 9.80 Å². The Bertz CT molecular complexity index is 811. The Hall–Kier alpha value is -1.58. The van der Waals surface area contributed by atoms with Gasteiger partial charge in [0.05, 0.1) is 6.54 Å². The zero-order chi connectivity index (χ0) is 20.3. The van der Waals surface area contributed by atoms with Crippen LogP contribution in [0.1, 0.15) is 32.6 Å². The third-order valence-corrected chi connectivity index (χ3v) is 7.53. The van der Waals surface area contributed by atoms with E-state index in [2.05, 4.69) is 6.92 Å². The van der Waals surface area contributed by atoms with Gasteiger partial charge >= 0.3 is 0 Å². The van der Waals surface area contributed by atoms with E-state index in [9.17, 15) is 22.0 Å². The second kappa shape index (κ2) is 8.84. The van der Waals surface area contributed by atoms with Crippen molar-refractivity contribution in [3.8, 4) is 0 Å². The van der Waals surface area contributed by atoms with E-state index in [0.29, 0.717) is 25.2 Å². The van der Waals surface area contributed by atoms with Crippen LogP contribution in [0.5, 0.6) is 0 Å². The van der Waals surface area contributed by atoms with Gasteiger partial charge in [0.15, 0.2) is 0 Å². The largest absolute Gasteiger partial charge is 0.339 e. The van der Waals surface area contributed by atoms with Crippen LogP contribution in [0, 0.1) is 11.6 Å². The first-order valence-electron chi connectivity index (χ1n) is 9.80. The molecular weight excluding hydrogens is 388 g/mol. The SMILES string of the molecule is CC[C@H]1CCCCN1C(=O)CN1CCN(S(=O)(=O)c2cc(F)ccc2F)CC1. The normalized spacial score (nSPS) is 22.4. The minimum Gasteiger partial charge on any atom is -0.339 e. The summed E-state index contributed by atoms with van der Waals surface area (Å²) in [5, 5.41) is 0. The molecule has 6 nitrogen and oxygen atoms in total. The molecule has 28 heavy (non-hydrogen) atoms. The van der Waals surface area contributed by atoms with E-state index in [4.69, 9.17) is 0 Å². The number of sulfonamides is 1. The lowest BCUT2D eigenvalue weighted by Crippen LogP contribution is -2.53. The molecule has 0 unspecified atom stereocenters. The van der Waals surface area contributed by atoms with Crippen molar-refractivity contribution in [3.05, 3.63) is 29.8 Å². The van der Waals surface area contributed by atoms with Crippen LogP contribution in [0.2, 0.25) is 0 Å². The lowest BCUT2D eigenvalue weighted by Gasteiger charge is -2.38. The zero-order valence-electron chi connectivity index (χ0n) is 16.1. The molecule has 1 aromatic rings. The summed E-state index contributed by atoms with van der Waals surface area (Å²) in [5.74, 6) is -1.68. The summed E-state index contributed by atoms with van der Waals surface area (Å²) in [6.45, 7) is 4.18. The lowest BCUT2D eigenvalue weighted by atomic mass is 10.00. The van der Waals surface area contributed by atoms with E-state index in [1.165, 1.54) is 0 Å². The second-order valence-electron chi connectivity index (χ2n) is 7.40. The highest BCUT2D eigenvalue weighted by Gasteiger charge is 2.33. The number of carbonyl (C=O) groups excluding carboxylic acids is 1. The van der Waals surface area contributed by atoms with Gasteiger partial charge in [-0.05, 0) is 43.9 Å². The Morgan fingerprint density at radius 1 is 1.11 bits per heavy atom. The van der Waals surface area contributed by atoms with Crippen molar-refractivity contribution in [2.75, 3.05) is 39.3 Å². The molecule has 0 saturated carbocycles. The van der Waals surface area contributed by atoms with Gasteiger partial charge in [0.25, 0.3) is 0 Å². The molecule has 2 aliphatic rings. The van der Waals surface area contributed by atoms with Crippen molar-refractivity contribution < 1.29 is 22.0 Å². The number of nitrogens with zero attached hydrogens (tertiary/aromatic N) is 3. The average Bonchev–Trinajstić information content (AvgIpc) is 2.70. The molecule has 2 saturated heterocycles. The van der Waals surface area contributed by atoms with Gasteiger partial charge in [-0.25, -0.2) is 17.2 Å². The van der Waals surface area contributed by atoms with Crippen LogP contribution in [0.4, 0.5) is 8.78 Å². The maximum absolute atomic E-state index is 13.9. The third kappa shape index (κ3) is 4.52. The molecule has 1 aromatic carbocycles. The molecule has 0 spiro atoms. The first kappa shape index (κ1) is 21.1. The predicted molar refractivity (Wildman–Crippen MR) is 101 cm³/mol. The summed E-state index contributed by atoms with van der Waals surface area (Å²) < 4.78 is 53.7. The summed E-state index contributed by atoms with van der Waals surface area (Å²) in [7, 11) is -4.10. The number of piperidine rings is 1. The molecule has 0 bridgehead atoms. The maximum Gasteiger partial charge on any atom is 0.246 e. The number of likely N-dealkylation sites (tertiary alicyclic amines) is 1. The Balaban J connectivity index is 1.59. The van der Waals surface area contributed by atoms with Crippen molar-refractivity contribution in [3.63, 3.8) is 0 Å². The molecule has 9 heteroatoms. The quantitative estimate of drug-likeness (QED) is 0.739. The minimum absolute atomic E-state index is 0.0824. The summed E-state index contributed by atoms with van der Waals surface area (Å²) in [6, 6.07) is 2.71. The van der Waals surface area contributed by atoms with E-state index < -0.39 is 26.6 Å². The molecule has 2 fully saturated rings. The molecule has 0 aromatic heterocycles. The zero-order valence-corrected chi connectivity index (χ0v) is 16.9. The minimum atomic E-state index is -4.10. The average molecular weight is 416 g/mol. The van der Waals surface area contributed by atoms with Crippen molar-refractivity contribution in [1.82, 2.24) is 14.1 Å². The molecule has 1 atom stereocenters. The molecule has 2 heterocycles. The van der Waals surface area contributed by atoms with Crippen molar-refractivity contribution in [2.45, 2.75) is 43.5 Å². The van der Waals surface area contributed by atoms with Gasteiger partial charge in [-0.3, -0.25) is 9.69 Å². The van der Waals surface area contributed by atoms with Crippen LogP contribution >= 0.6 is 0 Å². The third-order valence-electron chi connectivity index (χ3n) is 5.62. The highest BCUT2D eigenvalue weighted by atomic mass is 32.2. The van der Waals surface area contributed by atoms with Crippen molar-refractivity contribution in [2.24, 2.45) is 0 Å². The summed E-state index contributed by atoms with van der Waals surface area (Å²) in [6.07, 6.45) is 4.15. The summed E-state index contributed by atoms with van der Waals surface area (Å²) in [4.78, 5) is 15.9. The molecule has 0 radical (unpaired) electrons. The van der Waals surface area contributed by atoms with Gasteiger partial charge in [0, 0.05) is 38.8 Å². The molecule has 2 aliphatic heterocycles. The van der Waals surface area contributed by atoms with Gasteiger partial charge in [-0.2, -0.15) is 4.31 Å². The van der Waals surface area contributed by atoms with Crippen molar-refractivity contribution >= 4 is 15.9 Å². The highest BCUT2D eigenvalue weighted by molar-refractivity contribution is 7.89. The number of benzene rings is 1. The van der Waals surface area contributed by atoms with Crippen molar-refractivity contribution in [1.29, 1.82) is 0 Å². The summed E-state index contributed by atoms with van der Waals surface area (Å²) in [5.41, 5.74) is 0. The molecule has 3 rings (SSSR count). The number of hydrogen-bond donors (Lipinski definition) is 0. The van der Waals surface area contributed by atoms with Gasteiger partial charge < -0.3 is 4.90 Å². The molecule has 0 aliphatic carbocycles. The molecule has 156 valence electrons. The number of amides is 1. The Morgan fingerprint density at radius 3 is 2.50 bits per heavy atom. The van der Waals surface area contributed by atoms with Crippen LogP contribution in [0.15, 0.2) is 23.1 Å². The lowest BCUT2D eigenvalue weighted by molar-refractivity contribution is -0.136. The van der Waals surface area contributed by atoms with E-state index in [0.717, 1.165) is 48.7 Å². The van der Waals surface area contributed by atoms with Crippen LogP contribution in [0.25, 0.3) is 0 Å². The van der Waals surface area contributed by atoms with Gasteiger partial charge in [0.2, 0.25) is 15.9 Å². The number of rotatable bonds is 5. The van der Waals surface area contributed by atoms with Crippen LogP contribution < -0.4 is 0 Å². The second-order valence-corrected chi connectivity index (χ2v) is 9.31. The molecule has 1 amide bonds. The van der Waals surface area contributed by atoms with Gasteiger partial charge in [0.1, 0.15) is 16.5 Å². The molecular formula is C19H27F2N3O3S.